The van der Waals surface area contributed by atoms with Crippen molar-refractivity contribution < 1.29 is 9.84 Å². The number of benzene rings is 1. The smallest absolute Gasteiger partial charge is 0.119 e. The van der Waals surface area contributed by atoms with Gasteiger partial charge in [-0.25, -0.2) is 0 Å². The van der Waals surface area contributed by atoms with Gasteiger partial charge in [0.05, 0.1) is 12.7 Å². The van der Waals surface area contributed by atoms with Gasteiger partial charge in [-0.3, -0.25) is 0 Å². The van der Waals surface area contributed by atoms with Gasteiger partial charge in [0, 0.05) is 25.6 Å². The van der Waals surface area contributed by atoms with E-state index in [0.717, 1.165) is 44.2 Å². The summed E-state index contributed by atoms with van der Waals surface area (Å²) < 4.78 is 5.87. The molecular formula is C18H27NO2. The molecule has 1 aromatic rings. The summed E-state index contributed by atoms with van der Waals surface area (Å²) in [6, 6.07) is 6.37. The second-order valence-electron chi connectivity index (χ2n) is 6.85. The topological polar surface area (TPSA) is 32.7 Å². The van der Waals surface area contributed by atoms with Gasteiger partial charge in [-0.15, -0.1) is 0 Å². The van der Waals surface area contributed by atoms with E-state index in [-0.39, 0.29) is 6.10 Å². The van der Waals surface area contributed by atoms with Gasteiger partial charge in [-0.05, 0) is 62.3 Å². The zero-order chi connectivity index (χ0) is 14.8. The van der Waals surface area contributed by atoms with Crippen molar-refractivity contribution in [1.29, 1.82) is 0 Å². The molecule has 3 atom stereocenters. The molecule has 1 aromatic carbocycles. The molecule has 2 aliphatic rings. The Hall–Kier alpha value is -1.06. The molecule has 1 N–H and O–H groups in total. The van der Waals surface area contributed by atoms with E-state index in [0.29, 0.717) is 5.92 Å². The maximum absolute atomic E-state index is 9.94. The van der Waals surface area contributed by atoms with Gasteiger partial charge in [-0.1, -0.05) is 6.07 Å². The van der Waals surface area contributed by atoms with Crippen LogP contribution in [0.2, 0.25) is 0 Å². The highest BCUT2D eigenvalue weighted by Gasteiger charge is 2.41. The first-order chi connectivity index (χ1) is 10.1. The first kappa shape index (κ1) is 14.9. The lowest BCUT2D eigenvalue weighted by atomic mass is 10.00. The number of rotatable bonds is 5. The summed E-state index contributed by atoms with van der Waals surface area (Å²) in [5, 5.41) is 9.94. The quantitative estimate of drug-likeness (QED) is 0.846. The van der Waals surface area contributed by atoms with Crippen molar-refractivity contribution in [2.75, 3.05) is 26.2 Å². The van der Waals surface area contributed by atoms with Crippen LogP contribution in [0.5, 0.6) is 5.75 Å². The van der Waals surface area contributed by atoms with Crippen LogP contribution in [-0.2, 0) is 0 Å². The molecule has 1 heterocycles. The average Bonchev–Trinajstić information content (AvgIpc) is 2.96. The number of ether oxygens (including phenoxy) is 1. The third-order valence-electron chi connectivity index (χ3n) is 4.98. The fourth-order valence-corrected chi connectivity index (χ4v) is 4.01. The third-order valence-corrected chi connectivity index (χ3v) is 4.98. The summed E-state index contributed by atoms with van der Waals surface area (Å²) in [5.41, 5.74) is 2.51. The van der Waals surface area contributed by atoms with Gasteiger partial charge < -0.3 is 14.7 Å². The van der Waals surface area contributed by atoms with Crippen molar-refractivity contribution in [2.24, 2.45) is 11.8 Å². The number of likely N-dealkylation sites (tertiary alicyclic amines) is 1. The maximum Gasteiger partial charge on any atom is 0.119 e. The Kier molecular flexibility index (Phi) is 4.51. The molecule has 0 spiro atoms. The average molecular weight is 289 g/mol. The van der Waals surface area contributed by atoms with Gasteiger partial charge in [0.1, 0.15) is 5.75 Å². The first-order valence-corrected chi connectivity index (χ1v) is 8.23. The predicted molar refractivity (Wildman–Crippen MR) is 84.7 cm³/mol. The Morgan fingerprint density at radius 1 is 1.14 bits per heavy atom. The molecule has 3 rings (SSSR count). The van der Waals surface area contributed by atoms with E-state index in [1.165, 1.54) is 24.1 Å². The fraction of sp³-hybridized carbons (Fsp3) is 0.667. The maximum atomic E-state index is 9.94. The van der Waals surface area contributed by atoms with Crippen molar-refractivity contribution in [2.45, 2.75) is 39.2 Å². The molecule has 3 heteroatoms. The van der Waals surface area contributed by atoms with Crippen LogP contribution in [0.1, 0.15) is 30.4 Å². The van der Waals surface area contributed by atoms with Gasteiger partial charge in [-0.2, -0.15) is 0 Å². The van der Waals surface area contributed by atoms with Crippen LogP contribution >= 0.6 is 0 Å². The SMILES string of the molecule is Cc1cc(C)cc(OCCCN2CC3CCC(O)C3C2)c1. The Bertz CT molecular complexity index is 468. The molecule has 1 saturated carbocycles. The summed E-state index contributed by atoms with van der Waals surface area (Å²) in [5.74, 6) is 2.26. The van der Waals surface area contributed by atoms with Crippen LogP contribution in [0.25, 0.3) is 0 Å². The second-order valence-corrected chi connectivity index (χ2v) is 6.85. The van der Waals surface area contributed by atoms with Crippen molar-refractivity contribution in [3.63, 3.8) is 0 Å². The molecular weight excluding hydrogens is 262 g/mol. The molecule has 0 radical (unpaired) electrons. The molecule has 116 valence electrons. The summed E-state index contributed by atoms with van der Waals surface area (Å²) in [7, 11) is 0. The summed E-state index contributed by atoms with van der Waals surface area (Å²) in [6.07, 6.45) is 3.23. The number of fused-ring (bicyclic) bond motifs is 1. The Balaban J connectivity index is 1.39. The van der Waals surface area contributed by atoms with E-state index in [9.17, 15) is 5.11 Å². The van der Waals surface area contributed by atoms with Crippen molar-refractivity contribution in [1.82, 2.24) is 4.90 Å². The lowest BCUT2D eigenvalue weighted by molar-refractivity contribution is 0.123. The van der Waals surface area contributed by atoms with Crippen LogP contribution in [0.3, 0.4) is 0 Å². The Morgan fingerprint density at radius 3 is 2.62 bits per heavy atom. The zero-order valence-corrected chi connectivity index (χ0v) is 13.2. The number of nitrogens with zero attached hydrogens (tertiary/aromatic N) is 1. The van der Waals surface area contributed by atoms with Gasteiger partial charge in [0.2, 0.25) is 0 Å². The molecule has 0 bridgehead atoms. The molecule has 1 aliphatic carbocycles. The molecule has 0 aromatic heterocycles. The van der Waals surface area contributed by atoms with Crippen LogP contribution in [-0.4, -0.2) is 42.4 Å². The number of aliphatic hydroxyl groups is 1. The van der Waals surface area contributed by atoms with Gasteiger partial charge >= 0.3 is 0 Å². The highest BCUT2D eigenvalue weighted by molar-refractivity contribution is 5.32. The minimum Gasteiger partial charge on any atom is -0.494 e. The van der Waals surface area contributed by atoms with Crippen molar-refractivity contribution in [3.05, 3.63) is 29.3 Å². The monoisotopic (exact) mass is 289 g/mol. The van der Waals surface area contributed by atoms with E-state index < -0.39 is 0 Å². The number of hydrogen-bond acceptors (Lipinski definition) is 3. The lowest BCUT2D eigenvalue weighted by Crippen LogP contribution is -2.26. The molecule has 1 saturated heterocycles. The number of hydrogen-bond donors (Lipinski definition) is 1. The van der Waals surface area contributed by atoms with Gasteiger partial charge in [0.15, 0.2) is 0 Å². The van der Waals surface area contributed by atoms with E-state index in [4.69, 9.17) is 4.74 Å². The molecule has 3 unspecified atom stereocenters. The second kappa shape index (κ2) is 6.37. The van der Waals surface area contributed by atoms with Crippen molar-refractivity contribution in [3.8, 4) is 5.75 Å². The minimum atomic E-state index is -0.0495. The molecule has 3 nitrogen and oxygen atoms in total. The van der Waals surface area contributed by atoms with Crippen LogP contribution in [0, 0.1) is 25.7 Å². The molecule has 0 amide bonds. The van der Waals surface area contributed by atoms with Crippen LogP contribution in [0.4, 0.5) is 0 Å². The van der Waals surface area contributed by atoms with Crippen LogP contribution in [0.15, 0.2) is 18.2 Å². The zero-order valence-electron chi connectivity index (χ0n) is 13.2. The number of aliphatic hydroxyl groups excluding tert-OH is 1. The molecule has 21 heavy (non-hydrogen) atoms. The Morgan fingerprint density at radius 2 is 1.90 bits per heavy atom. The largest absolute Gasteiger partial charge is 0.494 e. The standard InChI is InChI=1S/C18H27NO2/c1-13-8-14(2)10-16(9-13)21-7-3-6-19-11-15-4-5-18(20)17(15)12-19/h8-10,15,17-18,20H,3-7,11-12H2,1-2H3. The lowest BCUT2D eigenvalue weighted by Gasteiger charge is -2.18. The van der Waals surface area contributed by atoms with E-state index in [1.54, 1.807) is 0 Å². The minimum absolute atomic E-state index is 0.0495. The summed E-state index contributed by atoms with van der Waals surface area (Å²) in [4.78, 5) is 2.50. The van der Waals surface area contributed by atoms with Crippen LogP contribution < -0.4 is 4.74 Å². The molecule has 1 aliphatic heterocycles. The fourth-order valence-electron chi connectivity index (χ4n) is 4.01. The summed E-state index contributed by atoms with van der Waals surface area (Å²) in [6.45, 7) is 8.32. The molecule has 2 fully saturated rings. The van der Waals surface area contributed by atoms with E-state index in [1.807, 2.05) is 0 Å². The normalized spacial score (nSPS) is 28.8. The van der Waals surface area contributed by atoms with E-state index >= 15 is 0 Å². The highest BCUT2D eigenvalue weighted by atomic mass is 16.5. The van der Waals surface area contributed by atoms with Gasteiger partial charge in [0.25, 0.3) is 0 Å². The Labute approximate surface area is 127 Å². The third kappa shape index (κ3) is 3.58. The predicted octanol–water partition coefficient (Wildman–Crippen LogP) is 2.78. The first-order valence-electron chi connectivity index (χ1n) is 8.23. The van der Waals surface area contributed by atoms with E-state index in [2.05, 4.69) is 36.9 Å². The number of aryl methyl sites for hydroxylation is 2. The van der Waals surface area contributed by atoms with Crippen molar-refractivity contribution >= 4 is 0 Å². The summed E-state index contributed by atoms with van der Waals surface area (Å²) >= 11 is 0. The highest BCUT2D eigenvalue weighted by Crippen LogP contribution is 2.37.